The molecule has 0 amide bonds. The molecule has 0 radical (unpaired) electrons. The van der Waals surface area contributed by atoms with Crippen LogP contribution >= 0.6 is 0 Å². The molecular weight excluding hydrogens is 188 g/mol. The van der Waals surface area contributed by atoms with E-state index in [1.165, 1.54) is 5.57 Å². The van der Waals surface area contributed by atoms with Gasteiger partial charge in [0.15, 0.2) is 0 Å². The second-order valence-corrected chi connectivity index (χ2v) is 4.98. The van der Waals surface area contributed by atoms with Crippen molar-refractivity contribution < 1.29 is 9.90 Å². The molecule has 1 N–H and O–H groups in total. The van der Waals surface area contributed by atoms with Crippen molar-refractivity contribution in [2.75, 3.05) is 0 Å². The van der Waals surface area contributed by atoms with Crippen LogP contribution in [0.15, 0.2) is 23.8 Å². The number of rotatable bonds is 3. The lowest BCUT2D eigenvalue weighted by Gasteiger charge is -2.36. The molecule has 0 saturated carbocycles. The standard InChI is InChI=1S/C13H20O2/c1-5-10(12(14)15)11-9(2)7-6-8-13(11,3)4/h5,10H,1,6-8H2,2-4H3,(H,14,15). The molecule has 1 aliphatic rings. The van der Waals surface area contributed by atoms with Gasteiger partial charge in [-0.15, -0.1) is 6.58 Å². The number of hydrogen-bond donors (Lipinski definition) is 1. The average molecular weight is 208 g/mol. The first-order chi connectivity index (χ1) is 6.90. The summed E-state index contributed by atoms with van der Waals surface area (Å²) < 4.78 is 0. The Bertz CT molecular complexity index is 310. The highest BCUT2D eigenvalue weighted by molar-refractivity contribution is 5.76. The Morgan fingerprint density at radius 3 is 2.60 bits per heavy atom. The largest absolute Gasteiger partial charge is 0.481 e. The third kappa shape index (κ3) is 2.31. The maximum Gasteiger partial charge on any atom is 0.314 e. The van der Waals surface area contributed by atoms with Crippen molar-refractivity contribution in [2.24, 2.45) is 11.3 Å². The molecule has 2 heteroatoms. The van der Waals surface area contributed by atoms with Gasteiger partial charge in [-0.25, -0.2) is 0 Å². The van der Waals surface area contributed by atoms with E-state index in [-0.39, 0.29) is 5.41 Å². The monoisotopic (exact) mass is 208 g/mol. The van der Waals surface area contributed by atoms with Crippen LogP contribution in [0.25, 0.3) is 0 Å². The Kier molecular flexibility index (Phi) is 3.38. The van der Waals surface area contributed by atoms with Crippen LogP contribution in [0, 0.1) is 11.3 Å². The molecule has 15 heavy (non-hydrogen) atoms. The summed E-state index contributed by atoms with van der Waals surface area (Å²) in [7, 11) is 0. The van der Waals surface area contributed by atoms with Crippen molar-refractivity contribution in [3.63, 3.8) is 0 Å². The number of aliphatic carboxylic acids is 1. The molecule has 0 bridgehead atoms. The van der Waals surface area contributed by atoms with Crippen LogP contribution in [0.1, 0.15) is 40.0 Å². The molecule has 0 spiro atoms. The molecule has 84 valence electrons. The Hall–Kier alpha value is -1.05. The van der Waals surface area contributed by atoms with Crippen LogP contribution in [0.5, 0.6) is 0 Å². The quantitative estimate of drug-likeness (QED) is 0.722. The maximum absolute atomic E-state index is 11.2. The average Bonchev–Trinajstić information content (AvgIpc) is 2.10. The van der Waals surface area contributed by atoms with Gasteiger partial charge in [-0.05, 0) is 37.2 Å². The lowest BCUT2D eigenvalue weighted by atomic mass is 9.68. The molecule has 0 fully saturated rings. The van der Waals surface area contributed by atoms with E-state index in [4.69, 9.17) is 0 Å². The molecule has 1 aliphatic carbocycles. The normalized spacial score (nSPS) is 22.3. The fourth-order valence-electron chi connectivity index (χ4n) is 2.67. The maximum atomic E-state index is 11.2. The molecule has 0 aromatic heterocycles. The van der Waals surface area contributed by atoms with Crippen LogP contribution in [0.4, 0.5) is 0 Å². The Balaban J connectivity index is 3.17. The van der Waals surface area contributed by atoms with Crippen molar-refractivity contribution in [3.8, 4) is 0 Å². The molecule has 0 aromatic carbocycles. The highest BCUT2D eigenvalue weighted by Crippen LogP contribution is 2.44. The second kappa shape index (κ2) is 4.21. The molecular formula is C13H20O2. The lowest BCUT2D eigenvalue weighted by molar-refractivity contribution is -0.139. The first-order valence-corrected chi connectivity index (χ1v) is 5.45. The van der Waals surface area contributed by atoms with Gasteiger partial charge < -0.3 is 5.11 Å². The predicted octanol–water partition coefficient (Wildman–Crippen LogP) is 3.40. The summed E-state index contributed by atoms with van der Waals surface area (Å²) in [5, 5.41) is 9.17. The lowest BCUT2D eigenvalue weighted by Crippen LogP contribution is -2.29. The summed E-state index contributed by atoms with van der Waals surface area (Å²) in [5.41, 5.74) is 2.30. The number of hydrogen-bond acceptors (Lipinski definition) is 1. The SMILES string of the molecule is C=CC(C(=O)O)C1=C(C)CCCC1(C)C. The van der Waals surface area contributed by atoms with E-state index < -0.39 is 11.9 Å². The van der Waals surface area contributed by atoms with Crippen LogP contribution in [-0.4, -0.2) is 11.1 Å². The molecule has 0 saturated heterocycles. The van der Waals surface area contributed by atoms with Crippen molar-refractivity contribution in [1.82, 2.24) is 0 Å². The van der Waals surface area contributed by atoms with Crippen LogP contribution in [-0.2, 0) is 4.79 Å². The van der Waals surface area contributed by atoms with Gasteiger partial charge in [-0.1, -0.05) is 25.5 Å². The molecule has 1 rings (SSSR count). The summed E-state index contributed by atoms with van der Waals surface area (Å²) in [5.74, 6) is -1.30. The van der Waals surface area contributed by atoms with Crippen LogP contribution < -0.4 is 0 Å². The van der Waals surface area contributed by atoms with Gasteiger partial charge in [0.2, 0.25) is 0 Å². The molecule has 0 aromatic rings. The number of carboxylic acids is 1. The zero-order valence-electron chi connectivity index (χ0n) is 9.84. The van der Waals surface area contributed by atoms with Crippen molar-refractivity contribution in [3.05, 3.63) is 23.8 Å². The smallest absolute Gasteiger partial charge is 0.314 e. The number of allylic oxidation sites excluding steroid dienone is 1. The van der Waals surface area contributed by atoms with E-state index in [0.717, 1.165) is 24.8 Å². The van der Waals surface area contributed by atoms with Crippen LogP contribution in [0.3, 0.4) is 0 Å². The van der Waals surface area contributed by atoms with Crippen LogP contribution in [0.2, 0.25) is 0 Å². The van der Waals surface area contributed by atoms with Crippen molar-refractivity contribution in [2.45, 2.75) is 40.0 Å². The Morgan fingerprint density at radius 2 is 2.20 bits per heavy atom. The molecule has 1 unspecified atom stereocenters. The Labute approximate surface area is 91.7 Å². The summed E-state index contributed by atoms with van der Waals surface area (Å²) in [6.45, 7) is 9.95. The highest BCUT2D eigenvalue weighted by atomic mass is 16.4. The van der Waals surface area contributed by atoms with Gasteiger partial charge in [0, 0.05) is 0 Å². The second-order valence-electron chi connectivity index (χ2n) is 4.98. The van der Waals surface area contributed by atoms with Gasteiger partial charge in [-0.2, -0.15) is 0 Å². The van der Waals surface area contributed by atoms with Gasteiger partial charge in [0.05, 0.1) is 5.92 Å². The third-order valence-electron chi connectivity index (χ3n) is 3.36. The van der Waals surface area contributed by atoms with E-state index in [1.54, 1.807) is 6.08 Å². The van der Waals surface area contributed by atoms with E-state index in [9.17, 15) is 9.90 Å². The van der Waals surface area contributed by atoms with Crippen molar-refractivity contribution in [1.29, 1.82) is 0 Å². The fourth-order valence-corrected chi connectivity index (χ4v) is 2.67. The minimum Gasteiger partial charge on any atom is -0.481 e. The summed E-state index contributed by atoms with van der Waals surface area (Å²) in [6.07, 6.45) is 4.80. The number of carboxylic acid groups (broad SMARTS) is 1. The first-order valence-electron chi connectivity index (χ1n) is 5.45. The van der Waals surface area contributed by atoms with Gasteiger partial charge in [0.25, 0.3) is 0 Å². The zero-order valence-corrected chi connectivity index (χ0v) is 9.84. The molecule has 1 atom stereocenters. The molecule has 0 aliphatic heterocycles. The number of carbonyl (C=O) groups is 1. The summed E-state index contributed by atoms with van der Waals surface area (Å²) >= 11 is 0. The fraction of sp³-hybridized carbons (Fsp3) is 0.615. The predicted molar refractivity (Wildman–Crippen MR) is 61.7 cm³/mol. The zero-order chi connectivity index (χ0) is 11.6. The molecule has 2 nitrogen and oxygen atoms in total. The van der Waals surface area contributed by atoms with Gasteiger partial charge >= 0.3 is 5.97 Å². The minimum atomic E-state index is -0.783. The first kappa shape index (κ1) is 12.0. The summed E-state index contributed by atoms with van der Waals surface area (Å²) in [6, 6.07) is 0. The topological polar surface area (TPSA) is 37.3 Å². The van der Waals surface area contributed by atoms with Gasteiger partial charge in [-0.3, -0.25) is 4.79 Å². The highest BCUT2D eigenvalue weighted by Gasteiger charge is 2.35. The van der Waals surface area contributed by atoms with Gasteiger partial charge in [0.1, 0.15) is 0 Å². The van der Waals surface area contributed by atoms with E-state index in [1.807, 2.05) is 0 Å². The van der Waals surface area contributed by atoms with Crippen molar-refractivity contribution >= 4 is 5.97 Å². The van der Waals surface area contributed by atoms with E-state index in [0.29, 0.717) is 0 Å². The molecule has 0 heterocycles. The minimum absolute atomic E-state index is 0.000417. The van der Waals surface area contributed by atoms with E-state index >= 15 is 0 Å². The Morgan fingerprint density at radius 1 is 1.60 bits per heavy atom. The summed E-state index contributed by atoms with van der Waals surface area (Å²) in [4.78, 5) is 11.2. The van der Waals surface area contributed by atoms with E-state index in [2.05, 4.69) is 27.4 Å². The third-order valence-corrected chi connectivity index (χ3v) is 3.36.